The van der Waals surface area contributed by atoms with Crippen LogP contribution in [-0.2, 0) is 14.3 Å². The highest BCUT2D eigenvalue weighted by Crippen LogP contribution is 2.49. The lowest BCUT2D eigenvalue weighted by atomic mass is 9.75. The Morgan fingerprint density at radius 1 is 1.46 bits per heavy atom. The van der Waals surface area contributed by atoms with Crippen LogP contribution in [0.4, 0.5) is 0 Å². The second-order valence-electron chi connectivity index (χ2n) is 7.71. The number of aromatic nitrogens is 2. The van der Waals surface area contributed by atoms with Gasteiger partial charge >= 0.3 is 0 Å². The summed E-state index contributed by atoms with van der Waals surface area (Å²) in [6, 6.07) is 0.319. The summed E-state index contributed by atoms with van der Waals surface area (Å²) in [4.78, 5) is 34.0. The van der Waals surface area contributed by atoms with Gasteiger partial charge in [-0.3, -0.25) is 9.59 Å². The molecule has 1 spiro atoms. The highest BCUT2D eigenvalue weighted by atomic mass is 16.5. The third kappa shape index (κ3) is 3.13. The molecule has 2 amide bonds. The first-order chi connectivity index (χ1) is 12.4. The standard InChI is InChI=1S/C19H30N4O3/c1-5-17(24)22-10-15(16-11-23(13-20-16)14(2)3)19(12-22)6-7-21(18(19)25)8-9-26-4/h11,13-15H,5-10,12H2,1-4H3. The average molecular weight is 362 g/mol. The number of nitrogens with zero attached hydrogens (tertiary/aromatic N) is 4. The van der Waals surface area contributed by atoms with Crippen molar-refractivity contribution in [2.45, 2.75) is 45.6 Å². The van der Waals surface area contributed by atoms with Crippen molar-refractivity contribution in [3.63, 3.8) is 0 Å². The molecule has 0 radical (unpaired) electrons. The molecule has 2 saturated heterocycles. The van der Waals surface area contributed by atoms with E-state index in [-0.39, 0.29) is 17.7 Å². The number of ether oxygens (including phenoxy) is 1. The van der Waals surface area contributed by atoms with Crippen molar-refractivity contribution in [2.24, 2.45) is 5.41 Å². The van der Waals surface area contributed by atoms with Crippen LogP contribution in [0.25, 0.3) is 0 Å². The summed E-state index contributed by atoms with van der Waals surface area (Å²) in [5.74, 6) is 0.210. The maximum Gasteiger partial charge on any atom is 0.231 e. The quantitative estimate of drug-likeness (QED) is 0.772. The Morgan fingerprint density at radius 2 is 2.23 bits per heavy atom. The third-order valence-electron chi connectivity index (χ3n) is 5.88. The molecule has 2 atom stereocenters. The molecule has 0 bridgehead atoms. The minimum Gasteiger partial charge on any atom is -0.383 e. The van der Waals surface area contributed by atoms with Crippen molar-refractivity contribution < 1.29 is 14.3 Å². The van der Waals surface area contributed by atoms with Gasteiger partial charge in [0.1, 0.15) is 0 Å². The first-order valence-corrected chi connectivity index (χ1v) is 9.52. The van der Waals surface area contributed by atoms with Gasteiger partial charge in [-0.1, -0.05) is 6.92 Å². The summed E-state index contributed by atoms with van der Waals surface area (Å²) < 4.78 is 7.21. The zero-order chi connectivity index (χ0) is 18.9. The van der Waals surface area contributed by atoms with Crippen LogP contribution in [0.2, 0.25) is 0 Å². The van der Waals surface area contributed by atoms with Crippen molar-refractivity contribution in [2.75, 3.05) is 39.9 Å². The van der Waals surface area contributed by atoms with E-state index >= 15 is 0 Å². The van der Waals surface area contributed by atoms with Crippen LogP contribution in [0.3, 0.4) is 0 Å². The van der Waals surface area contributed by atoms with Gasteiger partial charge in [-0.05, 0) is 20.3 Å². The number of likely N-dealkylation sites (tertiary alicyclic amines) is 2. The van der Waals surface area contributed by atoms with Crippen LogP contribution in [0.5, 0.6) is 0 Å². The SMILES string of the molecule is CCC(=O)N1CC(c2cn(C(C)C)cn2)C2(CCN(CCOC)C2=O)C1. The predicted octanol–water partition coefficient (Wildman–Crippen LogP) is 1.66. The molecule has 1 aromatic heterocycles. The summed E-state index contributed by atoms with van der Waals surface area (Å²) in [5, 5.41) is 0. The van der Waals surface area contributed by atoms with Crippen molar-refractivity contribution in [1.29, 1.82) is 0 Å². The van der Waals surface area contributed by atoms with E-state index in [0.717, 1.165) is 18.7 Å². The van der Waals surface area contributed by atoms with Gasteiger partial charge in [-0.15, -0.1) is 0 Å². The third-order valence-corrected chi connectivity index (χ3v) is 5.88. The summed E-state index contributed by atoms with van der Waals surface area (Å²) in [6.45, 7) is 9.02. The first kappa shape index (κ1) is 18.9. The molecule has 3 rings (SSSR count). The summed E-state index contributed by atoms with van der Waals surface area (Å²) >= 11 is 0. The predicted molar refractivity (Wildman–Crippen MR) is 97.7 cm³/mol. The largest absolute Gasteiger partial charge is 0.383 e. The summed E-state index contributed by atoms with van der Waals surface area (Å²) in [6.07, 6.45) is 5.11. The lowest BCUT2D eigenvalue weighted by Gasteiger charge is -2.27. The number of imidazole rings is 1. The molecule has 2 fully saturated rings. The molecule has 7 heteroatoms. The minimum absolute atomic E-state index is 0.0435. The molecule has 2 unspecified atom stereocenters. The molecule has 144 valence electrons. The monoisotopic (exact) mass is 362 g/mol. The van der Waals surface area contributed by atoms with Crippen LogP contribution in [0.15, 0.2) is 12.5 Å². The van der Waals surface area contributed by atoms with E-state index in [1.807, 2.05) is 29.2 Å². The number of hydrogen-bond donors (Lipinski definition) is 0. The zero-order valence-electron chi connectivity index (χ0n) is 16.3. The summed E-state index contributed by atoms with van der Waals surface area (Å²) in [5.41, 5.74) is 0.376. The number of carbonyl (C=O) groups is 2. The molecule has 7 nitrogen and oxygen atoms in total. The van der Waals surface area contributed by atoms with Crippen LogP contribution in [0, 0.1) is 5.41 Å². The van der Waals surface area contributed by atoms with Crippen LogP contribution in [-0.4, -0.2) is 71.1 Å². The molecule has 2 aliphatic rings. The van der Waals surface area contributed by atoms with Crippen molar-refractivity contribution in [3.8, 4) is 0 Å². The van der Waals surface area contributed by atoms with Gasteiger partial charge in [0.05, 0.1) is 24.0 Å². The number of rotatable bonds is 6. The van der Waals surface area contributed by atoms with E-state index in [4.69, 9.17) is 4.74 Å². The van der Waals surface area contributed by atoms with E-state index < -0.39 is 5.41 Å². The molecule has 0 aliphatic carbocycles. The van der Waals surface area contributed by atoms with Crippen LogP contribution in [0.1, 0.15) is 51.3 Å². The molecular formula is C19H30N4O3. The first-order valence-electron chi connectivity index (χ1n) is 9.52. The van der Waals surface area contributed by atoms with Gasteiger partial charge in [0, 0.05) is 57.9 Å². The zero-order valence-corrected chi connectivity index (χ0v) is 16.3. The Morgan fingerprint density at radius 3 is 2.85 bits per heavy atom. The van der Waals surface area contributed by atoms with Crippen LogP contribution >= 0.6 is 0 Å². The van der Waals surface area contributed by atoms with Gasteiger partial charge in [-0.2, -0.15) is 0 Å². The van der Waals surface area contributed by atoms with E-state index in [2.05, 4.69) is 23.4 Å². The molecule has 0 aromatic carbocycles. The Balaban J connectivity index is 1.91. The van der Waals surface area contributed by atoms with E-state index in [0.29, 0.717) is 38.7 Å². The van der Waals surface area contributed by atoms with E-state index in [1.54, 1.807) is 7.11 Å². The average Bonchev–Trinajstić information content (AvgIpc) is 3.32. The number of carbonyl (C=O) groups excluding carboxylic acids is 2. The molecular weight excluding hydrogens is 332 g/mol. The van der Waals surface area contributed by atoms with Gasteiger partial charge < -0.3 is 19.1 Å². The fraction of sp³-hybridized carbons (Fsp3) is 0.737. The number of methoxy groups -OCH3 is 1. The van der Waals surface area contributed by atoms with Gasteiger partial charge in [-0.25, -0.2) is 4.98 Å². The molecule has 26 heavy (non-hydrogen) atoms. The van der Waals surface area contributed by atoms with Gasteiger partial charge in [0.15, 0.2) is 0 Å². The summed E-state index contributed by atoms with van der Waals surface area (Å²) in [7, 11) is 1.65. The van der Waals surface area contributed by atoms with Gasteiger partial charge in [0.25, 0.3) is 0 Å². The normalized spacial score (nSPS) is 25.9. The lowest BCUT2D eigenvalue weighted by Crippen LogP contribution is -2.41. The van der Waals surface area contributed by atoms with E-state index in [1.165, 1.54) is 0 Å². The highest BCUT2D eigenvalue weighted by Gasteiger charge is 2.58. The Labute approximate surface area is 155 Å². The molecule has 2 aliphatic heterocycles. The molecule has 0 saturated carbocycles. The minimum atomic E-state index is -0.547. The van der Waals surface area contributed by atoms with Crippen molar-refractivity contribution in [3.05, 3.63) is 18.2 Å². The van der Waals surface area contributed by atoms with E-state index in [9.17, 15) is 9.59 Å². The molecule has 3 heterocycles. The fourth-order valence-electron chi connectivity index (χ4n) is 4.26. The smallest absolute Gasteiger partial charge is 0.231 e. The maximum atomic E-state index is 13.3. The number of amides is 2. The topological polar surface area (TPSA) is 67.7 Å². The highest BCUT2D eigenvalue weighted by molar-refractivity contribution is 5.88. The number of hydrogen-bond acceptors (Lipinski definition) is 4. The Bertz CT molecular complexity index is 671. The fourth-order valence-corrected chi connectivity index (χ4v) is 4.26. The lowest BCUT2D eigenvalue weighted by molar-refractivity contribution is -0.137. The second-order valence-corrected chi connectivity index (χ2v) is 7.71. The molecule has 1 aromatic rings. The van der Waals surface area contributed by atoms with Crippen molar-refractivity contribution in [1.82, 2.24) is 19.4 Å². The Hall–Kier alpha value is -1.89. The Kier molecular flexibility index (Phi) is 5.37. The second kappa shape index (κ2) is 7.39. The maximum absolute atomic E-state index is 13.3. The molecule has 0 N–H and O–H groups in total. The van der Waals surface area contributed by atoms with Gasteiger partial charge in [0.2, 0.25) is 11.8 Å². The van der Waals surface area contributed by atoms with Crippen LogP contribution < -0.4 is 0 Å². The van der Waals surface area contributed by atoms with Crippen molar-refractivity contribution >= 4 is 11.8 Å².